The lowest BCUT2D eigenvalue weighted by Crippen LogP contribution is -2.68. The van der Waals surface area contributed by atoms with Crippen molar-refractivity contribution in [2.45, 2.75) is 171 Å². The number of likely N-dealkylation sites (tertiary alicyclic amines) is 1. The molecule has 0 bridgehead atoms. The van der Waals surface area contributed by atoms with Gasteiger partial charge in [0.05, 0.1) is 17.3 Å². The number of hydrogen-bond donors (Lipinski definition) is 1. The van der Waals surface area contributed by atoms with Gasteiger partial charge in [-0.1, -0.05) is 62.3 Å². The van der Waals surface area contributed by atoms with Crippen LogP contribution in [0, 0.1) is 79.3 Å². The first-order valence-corrected chi connectivity index (χ1v) is 24.5. The second-order valence-corrected chi connectivity index (χ2v) is 24.4. The van der Waals surface area contributed by atoms with E-state index in [-0.39, 0.29) is 45.1 Å². The van der Waals surface area contributed by atoms with Crippen molar-refractivity contribution in [2.75, 3.05) is 45.8 Å². The molecule has 8 heteroatoms. The van der Waals surface area contributed by atoms with E-state index in [2.05, 4.69) is 63.2 Å². The molecule has 0 radical (unpaired) electrons. The van der Waals surface area contributed by atoms with E-state index >= 15 is 4.79 Å². The number of amides is 1. The van der Waals surface area contributed by atoms with Crippen LogP contribution in [0.3, 0.4) is 0 Å². The Labute approximate surface area is 351 Å². The maximum absolute atomic E-state index is 15.4. The van der Waals surface area contributed by atoms with Crippen molar-refractivity contribution in [3.05, 3.63) is 0 Å². The van der Waals surface area contributed by atoms with Crippen molar-refractivity contribution in [2.24, 2.45) is 79.3 Å². The van der Waals surface area contributed by atoms with Gasteiger partial charge < -0.3 is 19.6 Å². The highest BCUT2D eigenvalue weighted by atomic mass is 16.5. The van der Waals surface area contributed by atoms with Crippen molar-refractivity contribution in [3.8, 4) is 0 Å². The van der Waals surface area contributed by atoms with Gasteiger partial charge in [-0.3, -0.25) is 19.3 Å². The fourth-order valence-electron chi connectivity index (χ4n) is 17.7. The van der Waals surface area contributed by atoms with E-state index in [1.54, 1.807) is 0 Å². The number of piperidine rings is 1. The lowest BCUT2D eigenvalue weighted by molar-refractivity contribution is -0.253. The standard InChI is InChI=1S/C50H81N3O5/c1-10-51-27-29-52(30-28-51)32-16-25-53(26-17-32)43(57)50-20-13-33(46(6)21-22-46)40(50)34-11-12-38-47(7)18-15-39(58-42(56)36-31-35(41(54)55)44(36,2)3)45(4,5)37(47)14-19-49(38,9)48(34,8)23-24-50/h32-40H,10-31H2,1-9H3,(H,54,55)/t33-,34-,35+,36-,37+,38-,39+,40-,47+,48-,49-,50+/m1/s1. The van der Waals surface area contributed by atoms with E-state index in [4.69, 9.17) is 4.74 Å². The Morgan fingerprint density at radius 2 is 1.33 bits per heavy atom. The second kappa shape index (κ2) is 13.9. The summed E-state index contributed by atoms with van der Waals surface area (Å²) in [5.41, 5.74) is 0.128. The summed E-state index contributed by atoms with van der Waals surface area (Å²) in [4.78, 5) is 48.6. The number of aliphatic carboxylic acids is 1. The smallest absolute Gasteiger partial charge is 0.309 e. The van der Waals surface area contributed by atoms with Crippen LogP contribution in [0.4, 0.5) is 0 Å². The largest absolute Gasteiger partial charge is 0.481 e. The molecule has 2 heterocycles. The molecule has 2 aliphatic heterocycles. The van der Waals surface area contributed by atoms with Gasteiger partial charge in [-0.2, -0.15) is 0 Å². The third kappa shape index (κ3) is 5.86. The Hall–Kier alpha value is -1.67. The van der Waals surface area contributed by atoms with Crippen LogP contribution in [0.1, 0.15) is 159 Å². The highest BCUT2D eigenvalue weighted by Crippen LogP contribution is 2.79. The summed E-state index contributed by atoms with van der Waals surface area (Å²) in [5.74, 6) is 1.64. The minimum absolute atomic E-state index is 0.134. The normalized spacial score (nSPS) is 47.1. The van der Waals surface area contributed by atoms with E-state index in [0.717, 1.165) is 58.2 Å². The van der Waals surface area contributed by atoms with Crippen molar-refractivity contribution in [3.63, 3.8) is 0 Å². The number of carbonyl (C=O) groups is 3. The summed E-state index contributed by atoms with van der Waals surface area (Å²) in [5, 5.41) is 9.71. The minimum Gasteiger partial charge on any atom is -0.481 e. The average molecular weight is 804 g/mol. The molecule has 12 atom stereocenters. The van der Waals surface area contributed by atoms with Gasteiger partial charge in [-0.05, 0) is 160 Å². The van der Waals surface area contributed by atoms with E-state index in [0.29, 0.717) is 53.4 Å². The average Bonchev–Trinajstić information content (AvgIpc) is 3.80. The zero-order valence-corrected chi connectivity index (χ0v) is 38.2. The summed E-state index contributed by atoms with van der Waals surface area (Å²) in [6, 6.07) is 0.632. The topological polar surface area (TPSA) is 90.4 Å². The van der Waals surface area contributed by atoms with Gasteiger partial charge >= 0.3 is 11.9 Å². The first-order valence-electron chi connectivity index (χ1n) is 24.5. The number of ether oxygens (including phenoxy) is 1. The maximum Gasteiger partial charge on any atom is 0.309 e. The predicted octanol–water partition coefficient (Wildman–Crippen LogP) is 9.16. The van der Waals surface area contributed by atoms with Crippen LogP contribution in [0.15, 0.2) is 0 Å². The highest BCUT2D eigenvalue weighted by Gasteiger charge is 2.74. The van der Waals surface area contributed by atoms with Crippen LogP contribution in [0.5, 0.6) is 0 Å². The van der Waals surface area contributed by atoms with Crippen LogP contribution < -0.4 is 0 Å². The lowest BCUT2D eigenvalue weighted by Gasteiger charge is -2.73. The molecule has 9 fully saturated rings. The summed E-state index contributed by atoms with van der Waals surface area (Å²) < 4.78 is 6.49. The molecule has 58 heavy (non-hydrogen) atoms. The number of likely N-dealkylation sites (N-methyl/N-ethyl adjacent to an activating group) is 1. The minimum atomic E-state index is -0.802. The van der Waals surface area contributed by atoms with Crippen molar-refractivity contribution >= 4 is 17.8 Å². The van der Waals surface area contributed by atoms with Crippen LogP contribution in [0.25, 0.3) is 0 Å². The fraction of sp³-hybridized carbons (Fsp3) is 0.940. The lowest BCUT2D eigenvalue weighted by atomic mass is 9.32. The van der Waals surface area contributed by atoms with Gasteiger partial charge in [-0.15, -0.1) is 0 Å². The zero-order valence-electron chi connectivity index (χ0n) is 38.2. The first kappa shape index (κ1) is 41.7. The Kier molecular flexibility index (Phi) is 10.00. The van der Waals surface area contributed by atoms with Gasteiger partial charge in [0.2, 0.25) is 5.91 Å². The van der Waals surface area contributed by atoms with Crippen molar-refractivity contribution in [1.82, 2.24) is 14.7 Å². The Balaban J connectivity index is 0.929. The Morgan fingerprint density at radius 1 is 0.638 bits per heavy atom. The van der Waals surface area contributed by atoms with Crippen LogP contribution in [-0.4, -0.2) is 95.6 Å². The van der Waals surface area contributed by atoms with E-state index in [1.807, 2.05) is 13.8 Å². The molecule has 9 aliphatic rings. The van der Waals surface area contributed by atoms with Crippen LogP contribution in [-0.2, 0) is 19.1 Å². The molecule has 0 aromatic heterocycles. The molecule has 8 nitrogen and oxygen atoms in total. The molecular weight excluding hydrogens is 723 g/mol. The van der Waals surface area contributed by atoms with E-state index in [1.165, 1.54) is 77.5 Å². The molecule has 2 saturated heterocycles. The number of esters is 1. The number of hydrogen-bond acceptors (Lipinski definition) is 6. The fourth-order valence-corrected chi connectivity index (χ4v) is 17.7. The third-order valence-electron chi connectivity index (χ3n) is 22.0. The summed E-state index contributed by atoms with van der Waals surface area (Å²) in [7, 11) is 0. The van der Waals surface area contributed by atoms with Gasteiger partial charge in [0.1, 0.15) is 6.10 Å². The quantitative estimate of drug-likeness (QED) is 0.257. The highest BCUT2D eigenvalue weighted by molar-refractivity contribution is 5.84. The number of fused-ring (bicyclic) bond motifs is 7. The summed E-state index contributed by atoms with van der Waals surface area (Å²) in [6.45, 7) is 29.3. The Morgan fingerprint density at radius 3 is 1.95 bits per heavy atom. The van der Waals surface area contributed by atoms with Crippen LogP contribution >= 0.6 is 0 Å². The molecule has 0 aromatic carbocycles. The van der Waals surface area contributed by atoms with Gasteiger partial charge in [0.15, 0.2) is 0 Å². The molecule has 7 saturated carbocycles. The van der Waals surface area contributed by atoms with Crippen molar-refractivity contribution in [1.29, 1.82) is 0 Å². The van der Waals surface area contributed by atoms with E-state index in [9.17, 15) is 14.7 Å². The molecule has 0 spiro atoms. The molecule has 0 unspecified atom stereocenters. The maximum atomic E-state index is 15.4. The monoisotopic (exact) mass is 804 g/mol. The Bertz CT molecular complexity index is 1640. The molecular formula is C50H81N3O5. The van der Waals surface area contributed by atoms with Gasteiger partial charge in [-0.25, -0.2) is 0 Å². The zero-order chi connectivity index (χ0) is 41.4. The SMILES string of the molecule is CCN1CCN(C2CCN(C(=O)[C@]34CC[C@@H](C5(C)CC5)[C@@H]3[C@H]3CC[C@@H]5[C@@]6(C)CC[C@H](OC(=O)[C@H]7C[C@@H](C(=O)O)C7(C)C)C(C)(C)[C@@H]6CC[C@@]5(C)[C@]3(C)CC4)CC2)CC1. The molecule has 9 rings (SSSR count). The van der Waals surface area contributed by atoms with Gasteiger partial charge in [0.25, 0.3) is 0 Å². The molecule has 0 aromatic rings. The second-order valence-electron chi connectivity index (χ2n) is 24.4. The number of piperazine rings is 1. The number of carboxylic acids is 1. The number of carbonyl (C=O) groups excluding carboxylic acids is 2. The van der Waals surface area contributed by atoms with Gasteiger partial charge in [0, 0.05) is 50.7 Å². The molecule has 7 aliphatic carbocycles. The number of nitrogens with zero attached hydrogens (tertiary/aromatic N) is 3. The van der Waals surface area contributed by atoms with Crippen molar-refractivity contribution < 1.29 is 24.2 Å². The first-order chi connectivity index (χ1) is 27.3. The third-order valence-corrected chi connectivity index (χ3v) is 22.0. The number of rotatable bonds is 7. The number of carboxylic acid groups (broad SMARTS) is 1. The van der Waals surface area contributed by atoms with Crippen LogP contribution in [0.2, 0.25) is 0 Å². The summed E-state index contributed by atoms with van der Waals surface area (Å²) >= 11 is 0. The van der Waals surface area contributed by atoms with E-state index < -0.39 is 17.3 Å². The molecule has 1 amide bonds. The summed E-state index contributed by atoms with van der Waals surface area (Å²) in [6.07, 6.45) is 16.8. The predicted molar refractivity (Wildman–Crippen MR) is 228 cm³/mol. The molecule has 326 valence electrons. The molecule has 1 N–H and O–H groups in total.